The van der Waals surface area contributed by atoms with Crippen molar-refractivity contribution in [3.05, 3.63) is 57.8 Å². The number of hydrogen-bond acceptors (Lipinski definition) is 3. The molecule has 0 fully saturated rings. The molecule has 3 rings (SSSR count). The molecule has 0 unspecified atom stereocenters. The maximum Gasteiger partial charge on any atom is 0.243 e. The lowest BCUT2D eigenvalue weighted by Gasteiger charge is -2.41. The van der Waals surface area contributed by atoms with Gasteiger partial charge in [-0.15, -0.1) is 11.3 Å². The number of benzene rings is 1. The molecule has 2 heterocycles. The minimum Gasteiger partial charge on any atom is -0.330 e. The molecule has 0 N–H and O–H groups in total. The van der Waals surface area contributed by atoms with Crippen molar-refractivity contribution in [1.82, 2.24) is 9.80 Å². The summed E-state index contributed by atoms with van der Waals surface area (Å²) in [6, 6.07) is 12.3. The molecule has 1 aliphatic rings. The normalized spacial score (nSPS) is 16.9. The third-order valence-corrected chi connectivity index (χ3v) is 6.48. The molecule has 5 heteroatoms. The van der Waals surface area contributed by atoms with Crippen molar-refractivity contribution in [2.45, 2.75) is 66.0 Å². The summed E-state index contributed by atoms with van der Waals surface area (Å²) < 4.78 is 0. The summed E-state index contributed by atoms with van der Waals surface area (Å²) in [6.45, 7) is 13.0. The predicted octanol–water partition coefficient (Wildman–Crippen LogP) is 5.29. The molecule has 0 bridgehead atoms. The SMILES string of the molecule is CC(C)(C)CC(=O)N(CC(=O)N1CCc2sccc2[C@H]1c1ccccc1)C(C)(C)C. The fourth-order valence-electron chi connectivity index (χ4n) is 4.05. The molecule has 0 saturated carbocycles. The third kappa shape index (κ3) is 5.12. The summed E-state index contributed by atoms with van der Waals surface area (Å²) in [7, 11) is 0. The van der Waals surface area contributed by atoms with Gasteiger partial charge in [0.25, 0.3) is 0 Å². The number of nitrogens with zero attached hydrogens (tertiary/aromatic N) is 2. The van der Waals surface area contributed by atoms with Gasteiger partial charge in [-0.3, -0.25) is 9.59 Å². The van der Waals surface area contributed by atoms with E-state index in [9.17, 15) is 9.59 Å². The summed E-state index contributed by atoms with van der Waals surface area (Å²) in [5, 5.41) is 2.11. The van der Waals surface area contributed by atoms with E-state index in [1.165, 1.54) is 10.4 Å². The molecule has 1 aromatic heterocycles. The minimum atomic E-state index is -0.413. The van der Waals surface area contributed by atoms with E-state index in [0.29, 0.717) is 13.0 Å². The van der Waals surface area contributed by atoms with E-state index < -0.39 is 5.54 Å². The van der Waals surface area contributed by atoms with Crippen LogP contribution in [-0.4, -0.2) is 40.2 Å². The van der Waals surface area contributed by atoms with Crippen LogP contribution in [0.4, 0.5) is 0 Å². The summed E-state index contributed by atoms with van der Waals surface area (Å²) >= 11 is 1.76. The second-order valence-corrected chi connectivity index (χ2v) is 11.3. The second-order valence-electron chi connectivity index (χ2n) is 10.3. The monoisotopic (exact) mass is 426 g/mol. The van der Waals surface area contributed by atoms with Gasteiger partial charge in [0, 0.05) is 23.4 Å². The van der Waals surface area contributed by atoms with Gasteiger partial charge in [-0.25, -0.2) is 0 Å². The average Bonchev–Trinajstić information content (AvgIpc) is 3.12. The Morgan fingerprint density at radius 3 is 2.33 bits per heavy atom. The van der Waals surface area contributed by atoms with Gasteiger partial charge in [-0.05, 0) is 55.2 Å². The highest BCUT2D eigenvalue weighted by Crippen LogP contribution is 2.38. The molecule has 162 valence electrons. The molecular weight excluding hydrogens is 392 g/mol. The van der Waals surface area contributed by atoms with Crippen LogP contribution >= 0.6 is 11.3 Å². The Labute approximate surface area is 184 Å². The summed E-state index contributed by atoms with van der Waals surface area (Å²) in [6.07, 6.45) is 1.29. The molecule has 2 aromatic rings. The second kappa shape index (κ2) is 8.54. The van der Waals surface area contributed by atoms with Gasteiger partial charge in [0.15, 0.2) is 0 Å². The van der Waals surface area contributed by atoms with Crippen LogP contribution in [0.25, 0.3) is 0 Å². The number of hydrogen-bond donors (Lipinski definition) is 0. The molecule has 2 amide bonds. The van der Waals surface area contributed by atoms with E-state index in [1.54, 1.807) is 16.2 Å². The summed E-state index contributed by atoms with van der Waals surface area (Å²) in [5.41, 5.74) is 1.80. The van der Waals surface area contributed by atoms with Crippen LogP contribution in [0.3, 0.4) is 0 Å². The zero-order valence-electron chi connectivity index (χ0n) is 19.1. The summed E-state index contributed by atoms with van der Waals surface area (Å²) in [5.74, 6) is 0.0470. The molecule has 0 spiro atoms. The Hall–Kier alpha value is -2.14. The lowest BCUT2D eigenvalue weighted by atomic mass is 9.90. The van der Waals surface area contributed by atoms with Gasteiger partial charge in [0.05, 0.1) is 6.04 Å². The molecule has 1 aromatic carbocycles. The predicted molar refractivity (Wildman–Crippen MR) is 124 cm³/mol. The topological polar surface area (TPSA) is 40.6 Å². The smallest absolute Gasteiger partial charge is 0.243 e. The molecule has 1 aliphatic heterocycles. The highest BCUT2D eigenvalue weighted by Gasteiger charge is 2.36. The maximum absolute atomic E-state index is 13.6. The average molecular weight is 427 g/mol. The van der Waals surface area contributed by atoms with Gasteiger partial charge >= 0.3 is 0 Å². The van der Waals surface area contributed by atoms with Crippen LogP contribution in [0.15, 0.2) is 41.8 Å². The quantitative estimate of drug-likeness (QED) is 0.667. The molecule has 0 saturated heterocycles. The van der Waals surface area contributed by atoms with E-state index in [1.807, 2.05) is 43.9 Å². The standard InChI is InChI=1S/C25H34N2O2S/c1-24(2,3)16-21(28)27(25(4,5)6)17-22(29)26-14-12-20-19(13-15-30-20)23(26)18-10-8-7-9-11-18/h7-11,13,15,23H,12,14,16-17H2,1-6H3/t23-/m1/s1. The van der Waals surface area contributed by atoms with Crippen molar-refractivity contribution in [3.63, 3.8) is 0 Å². The molecule has 30 heavy (non-hydrogen) atoms. The van der Waals surface area contributed by atoms with Gasteiger partial charge in [-0.2, -0.15) is 0 Å². The zero-order chi connectivity index (χ0) is 22.1. The van der Waals surface area contributed by atoms with Crippen LogP contribution in [-0.2, 0) is 16.0 Å². The van der Waals surface area contributed by atoms with Crippen molar-refractivity contribution in [3.8, 4) is 0 Å². The maximum atomic E-state index is 13.6. The van der Waals surface area contributed by atoms with Crippen molar-refractivity contribution in [2.24, 2.45) is 5.41 Å². The van der Waals surface area contributed by atoms with Crippen LogP contribution in [0.2, 0.25) is 0 Å². The Morgan fingerprint density at radius 1 is 1.07 bits per heavy atom. The third-order valence-electron chi connectivity index (χ3n) is 5.49. The number of carbonyl (C=O) groups is 2. The number of amides is 2. The first kappa shape index (κ1) is 22.5. The Morgan fingerprint density at radius 2 is 1.73 bits per heavy atom. The highest BCUT2D eigenvalue weighted by atomic mass is 32.1. The highest BCUT2D eigenvalue weighted by molar-refractivity contribution is 7.10. The Kier molecular flexibility index (Phi) is 6.42. The number of thiophene rings is 1. The zero-order valence-corrected chi connectivity index (χ0v) is 19.9. The van der Waals surface area contributed by atoms with Crippen molar-refractivity contribution >= 4 is 23.2 Å². The first-order valence-electron chi connectivity index (χ1n) is 10.7. The van der Waals surface area contributed by atoms with Crippen LogP contribution < -0.4 is 0 Å². The van der Waals surface area contributed by atoms with Crippen molar-refractivity contribution < 1.29 is 9.59 Å². The van der Waals surface area contributed by atoms with E-state index in [2.05, 4.69) is 44.4 Å². The van der Waals surface area contributed by atoms with E-state index in [-0.39, 0.29) is 29.8 Å². The van der Waals surface area contributed by atoms with Crippen LogP contribution in [0, 0.1) is 5.41 Å². The number of fused-ring (bicyclic) bond motifs is 1. The Bertz CT molecular complexity index is 890. The lowest BCUT2D eigenvalue weighted by Crippen LogP contribution is -2.53. The van der Waals surface area contributed by atoms with Crippen molar-refractivity contribution in [2.75, 3.05) is 13.1 Å². The first-order chi connectivity index (χ1) is 14.0. The molecule has 1 atom stereocenters. The lowest BCUT2D eigenvalue weighted by molar-refractivity contribution is -0.147. The fraction of sp³-hybridized carbons (Fsp3) is 0.520. The molecule has 0 aliphatic carbocycles. The minimum absolute atomic E-state index is 0.0119. The Balaban J connectivity index is 1.89. The molecule has 4 nitrogen and oxygen atoms in total. The first-order valence-corrected chi connectivity index (χ1v) is 11.6. The molecular formula is C25H34N2O2S. The van der Waals surface area contributed by atoms with Crippen molar-refractivity contribution in [1.29, 1.82) is 0 Å². The van der Waals surface area contributed by atoms with E-state index in [0.717, 1.165) is 12.0 Å². The van der Waals surface area contributed by atoms with Gasteiger partial charge < -0.3 is 9.80 Å². The van der Waals surface area contributed by atoms with Gasteiger partial charge in [-0.1, -0.05) is 51.1 Å². The van der Waals surface area contributed by atoms with Gasteiger partial charge in [0.2, 0.25) is 11.8 Å². The number of carbonyl (C=O) groups excluding carboxylic acids is 2. The van der Waals surface area contributed by atoms with Crippen LogP contribution in [0.5, 0.6) is 0 Å². The largest absolute Gasteiger partial charge is 0.330 e. The van der Waals surface area contributed by atoms with Crippen LogP contribution in [0.1, 0.15) is 70.0 Å². The van der Waals surface area contributed by atoms with E-state index >= 15 is 0 Å². The number of rotatable bonds is 4. The fourth-order valence-corrected chi connectivity index (χ4v) is 4.96. The summed E-state index contributed by atoms with van der Waals surface area (Å²) in [4.78, 5) is 31.7. The van der Waals surface area contributed by atoms with Gasteiger partial charge in [0.1, 0.15) is 6.54 Å². The molecule has 0 radical (unpaired) electrons. The van der Waals surface area contributed by atoms with E-state index in [4.69, 9.17) is 0 Å².